The van der Waals surface area contributed by atoms with Gasteiger partial charge in [-0.25, -0.2) is 0 Å². The fourth-order valence-corrected chi connectivity index (χ4v) is 4.63. The first-order valence-corrected chi connectivity index (χ1v) is 12.2. The van der Waals surface area contributed by atoms with E-state index in [9.17, 15) is 9.59 Å². The van der Waals surface area contributed by atoms with Crippen molar-refractivity contribution < 1.29 is 14.7 Å². The highest BCUT2D eigenvalue weighted by Gasteiger charge is 2.19. The predicted octanol–water partition coefficient (Wildman–Crippen LogP) is 6.39. The second-order valence-corrected chi connectivity index (χ2v) is 9.48. The minimum absolute atomic E-state index is 0.0820. The van der Waals surface area contributed by atoms with Gasteiger partial charge in [0.2, 0.25) is 0 Å². The number of benzene rings is 3. The van der Waals surface area contributed by atoms with E-state index in [2.05, 4.69) is 30.4 Å². The van der Waals surface area contributed by atoms with Crippen LogP contribution in [0.3, 0.4) is 0 Å². The Kier molecular flexibility index (Phi) is 7.77. The molecule has 6 nitrogen and oxygen atoms in total. The third kappa shape index (κ3) is 5.96. The van der Waals surface area contributed by atoms with Crippen LogP contribution in [0.5, 0.6) is 0 Å². The van der Waals surface area contributed by atoms with Crippen molar-refractivity contribution >= 4 is 35.1 Å². The molecule has 0 bridgehead atoms. The molecule has 3 aromatic carbocycles. The molecular weight excluding hydrogens is 497 g/mol. The van der Waals surface area contributed by atoms with Crippen LogP contribution in [0, 0.1) is 13.8 Å². The van der Waals surface area contributed by atoms with Gasteiger partial charge in [0.1, 0.15) is 0 Å². The largest absolute Gasteiger partial charge is 0.481 e. The first-order chi connectivity index (χ1) is 17.2. The molecule has 0 aliphatic carbocycles. The molecule has 0 fully saturated rings. The fourth-order valence-electron chi connectivity index (χ4n) is 4.11. The Bertz CT molecular complexity index is 1410. The third-order valence-corrected chi connectivity index (χ3v) is 6.23. The number of aryl methyl sites for hydroxylation is 1. The molecule has 0 saturated heterocycles. The zero-order valence-electron chi connectivity index (χ0n) is 19.9. The average Bonchev–Trinajstić information content (AvgIpc) is 3.14. The smallest absolute Gasteiger partial charge is 0.305 e. The number of carbonyl (C=O) groups excluding carboxylic acids is 1. The molecule has 4 rings (SSSR count). The number of carboxylic acid groups (broad SMARTS) is 1. The van der Waals surface area contributed by atoms with E-state index in [0.29, 0.717) is 22.2 Å². The lowest BCUT2D eigenvalue weighted by Crippen LogP contribution is -2.25. The summed E-state index contributed by atoms with van der Waals surface area (Å²) in [5, 5.41) is 17.4. The molecule has 0 spiro atoms. The number of aromatic nitrogens is 2. The van der Waals surface area contributed by atoms with E-state index in [0.717, 1.165) is 39.2 Å². The maximum absolute atomic E-state index is 12.3. The maximum Gasteiger partial charge on any atom is 0.305 e. The van der Waals surface area contributed by atoms with E-state index >= 15 is 0 Å². The van der Waals surface area contributed by atoms with Crippen LogP contribution in [0.15, 0.2) is 66.7 Å². The molecule has 184 valence electrons. The van der Waals surface area contributed by atoms with Gasteiger partial charge in [-0.2, -0.15) is 5.10 Å². The predicted molar refractivity (Wildman–Crippen MR) is 143 cm³/mol. The van der Waals surface area contributed by atoms with E-state index in [1.165, 1.54) is 0 Å². The number of hydrogen-bond acceptors (Lipinski definition) is 3. The first-order valence-electron chi connectivity index (χ1n) is 11.4. The lowest BCUT2D eigenvalue weighted by atomic mass is 10.0. The van der Waals surface area contributed by atoms with E-state index in [-0.39, 0.29) is 18.9 Å². The molecule has 0 atom stereocenters. The number of amides is 1. The van der Waals surface area contributed by atoms with Gasteiger partial charge in [0.25, 0.3) is 5.91 Å². The van der Waals surface area contributed by atoms with Crippen LogP contribution < -0.4 is 5.32 Å². The van der Waals surface area contributed by atoms with Gasteiger partial charge in [0, 0.05) is 38.8 Å². The van der Waals surface area contributed by atoms with Crippen LogP contribution in [0.4, 0.5) is 0 Å². The molecule has 0 aliphatic heterocycles. The topological polar surface area (TPSA) is 84.2 Å². The Hall–Kier alpha value is -3.61. The van der Waals surface area contributed by atoms with Crippen molar-refractivity contribution in [3.05, 3.63) is 99.0 Å². The van der Waals surface area contributed by atoms with Gasteiger partial charge in [-0.15, -0.1) is 0 Å². The molecule has 0 saturated carbocycles. The van der Waals surface area contributed by atoms with Crippen molar-refractivity contribution in [3.63, 3.8) is 0 Å². The Morgan fingerprint density at radius 2 is 1.64 bits per heavy atom. The van der Waals surface area contributed by atoms with Gasteiger partial charge in [-0.1, -0.05) is 59.1 Å². The molecule has 1 heterocycles. The van der Waals surface area contributed by atoms with Crippen molar-refractivity contribution in [1.82, 2.24) is 15.1 Å². The molecule has 8 heteroatoms. The Morgan fingerprint density at radius 3 is 2.28 bits per heavy atom. The van der Waals surface area contributed by atoms with Crippen LogP contribution in [0.25, 0.3) is 22.5 Å². The molecule has 4 aromatic rings. The molecule has 1 aromatic heterocycles. The molecule has 36 heavy (non-hydrogen) atoms. The van der Waals surface area contributed by atoms with Gasteiger partial charge in [-0.05, 0) is 55.8 Å². The standard InChI is InChI=1S/C28H25Cl2N3O3/c1-17-4-3-5-21(12-17)27-18(2)26(22-13-23(29)15-24(30)14-22)32-33(27)16-19-6-8-20(9-7-19)28(36)31-11-10-25(34)35/h3-9,12-15H,10-11,16H2,1-2H3,(H,31,36)(H,34,35). The number of carbonyl (C=O) groups is 2. The number of hydrogen-bond donors (Lipinski definition) is 2. The second-order valence-electron chi connectivity index (χ2n) is 8.60. The van der Waals surface area contributed by atoms with Crippen molar-refractivity contribution in [2.24, 2.45) is 0 Å². The van der Waals surface area contributed by atoms with Crippen molar-refractivity contribution in [2.45, 2.75) is 26.8 Å². The van der Waals surface area contributed by atoms with E-state index < -0.39 is 5.97 Å². The average molecular weight is 522 g/mol. The molecular formula is C28H25Cl2N3O3. The molecule has 0 radical (unpaired) electrons. The summed E-state index contributed by atoms with van der Waals surface area (Å²) < 4.78 is 1.95. The van der Waals surface area contributed by atoms with Gasteiger partial charge < -0.3 is 10.4 Å². The van der Waals surface area contributed by atoms with Crippen LogP contribution in [-0.4, -0.2) is 33.3 Å². The summed E-state index contributed by atoms with van der Waals surface area (Å²) in [6.45, 7) is 4.66. The summed E-state index contributed by atoms with van der Waals surface area (Å²) in [7, 11) is 0. The molecule has 0 aliphatic rings. The summed E-state index contributed by atoms with van der Waals surface area (Å²) in [5.74, 6) is -1.26. The normalized spacial score (nSPS) is 10.9. The number of nitrogens with one attached hydrogen (secondary N) is 1. The summed E-state index contributed by atoms with van der Waals surface area (Å²) in [5.41, 5.74) is 7.25. The van der Waals surface area contributed by atoms with Crippen LogP contribution in [-0.2, 0) is 11.3 Å². The Balaban J connectivity index is 1.67. The van der Waals surface area contributed by atoms with Crippen LogP contribution >= 0.6 is 23.2 Å². The highest BCUT2D eigenvalue weighted by Crippen LogP contribution is 2.35. The zero-order chi connectivity index (χ0) is 25.8. The first kappa shape index (κ1) is 25.5. The zero-order valence-corrected chi connectivity index (χ0v) is 21.4. The fraction of sp³-hybridized carbons (Fsp3) is 0.179. The van der Waals surface area contributed by atoms with Gasteiger partial charge in [0.15, 0.2) is 0 Å². The van der Waals surface area contributed by atoms with Crippen molar-refractivity contribution in [2.75, 3.05) is 6.54 Å². The summed E-state index contributed by atoms with van der Waals surface area (Å²) in [6.07, 6.45) is -0.121. The SMILES string of the molecule is Cc1cccc(-c2c(C)c(-c3cc(Cl)cc(Cl)c3)nn2Cc2ccc(C(=O)NCCC(=O)O)cc2)c1. The minimum atomic E-state index is -0.955. The third-order valence-electron chi connectivity index (χ3n) is 5.79. The second kappa shape index (κ2) is 11.0. The van der Waals surface area contributed by atoms with E-state index in [1.54, 1.807) is 18.2 Å². The highest BCUT2D eigenvalue weighted by atomic mass is 35.5. The molecule has 1 amide bonds. The van der Waals surface area contributed by atoms with Crippen LogP contribution in [0.1, 0.15) is 33.5 Å². The number of aliphatic carboxylic acids is 1. The minimum Gasteiger partial charge on any atom is -0.481 e. The Labute approximate surface area is 219 Å². The summed E-state index contributed by atoms with van der Waals surface area (Å²) in [6, 6.07) is 20.9. The number of nitrogens with zero attached hydrogens (tertiary/aromatic N) is 2. The van der Waals surface area contributed by atoms with Gasteiger partial charge in [0.05, 0.1) is 24.4 Å². The van der Waals surface area contributed by atoms with Gasteiger partial charge >= 0.3 is 5.97 Å². The Morgan fingerprint density at radius 1 is 0.944 bits per heavy atom. The number of rotatable bonds is 8. The summed E-state index contributed by atoms with van der Waals surface area (Å²) in [4.78, 5) is 22.9. The highest BCUT2D eigenvalue weighted by molar-refractivity contribution is 6.35. The van der Waals surface area contributed by atoms with E-state index in [1.807, 2.05) is 41.9 Å². The molecule has 2 N–H and O–H groups in total. The lowest BCUT2D eigenvalue weighted by Gasteiger charge is -2.10. The van der Waals surface area contributed by atoms with Crippen molar-refractivity contribution in [3.8, 4) is 22.5 Å². The van der Waals surface area contributed by atoms with Crippen LogP contribution in [0.2, 0.25) is 10.0 Å². The number of carboxylic acids is 1. The quantitative estimate of drug-likeness (QED) is 0.281. The van der Waals surface area contributed by atoms with Crippen molar-refractivity contribution in [1.29, 1.82) is 0 Å². The monoisotopic (exact) mass is 521 g/mol. The van der Waals surface area contributed by atoms with E-state index in [4.69, 9.17) is 33.4 Å². The lowest BCUT2D eigenvalue weighted by molar-refractivity contribution is -0.136. The molecule has 0 unspecified atom stereocenters. The van der Waals surface area contributed by atoms with Gasteiger partial charge in [-0.3, -0.25) is 14.3 Å². The number of halogens is 2. The summed E-state index contributed by atoms with van der Waals surface area (Å²) >= 11 is 12.5. The maximum atomic E-state index is 12.3.